The maximum atomic E-state index is 5.70. The molecule has 0 aliphatic carbocycles. The smallest absolute Gasteiger partial charge is 0.258 e. The van der Waals surface area contributed by atoms with Crippen LogP contribution in [0.3, 0.4) is 0 Å². The molecular formula is C15H18N4O2. The normalized spacial score (nSPS) is 13.1. The number of fused-ring (bicyclic) bond motifs is 1. The third kappa shape index (κ3) is 2.67. The number of aromatic nitrogens is 4. The average molecular weight is 286 g/mol. The summed E-state index contributed by atoms with van der Waals surface area (Å²) in [5.74, 6) is 1.36. The highest BCUT2D eigenvalue weighted by Gasteiger charge is 2.22. The highest BCUT2D eigenvalue weighted by atomic mass is 16.5. The van der Waals surface area contributed by atoms with Crippen LogP contribution in [-0.2, 0) is 4.74 Å². The van der Waals surface area contributed by atoms with Gasteiger partial charge in [0.15, 0.2) is 0 Å². The number of hydrogen-bond acceptors (Lipinski definition) is 5. The molecule has 1 N–H and O–H groups in total. The van der Waals surface area contributed by atoms with E-state index in [1.807, 2.05) is 25.1 Å². The van der Waals surface area contributed by atoms with Crippen LogP contribution < -0.4 is 0 Å². The van der Waals surface area contributed by atoms with Crippen LogP contribution in [-0.4, -0.2) is 26.7 Å². The molecule has 1 atom stereocenters. The molecule has 0 saturated carbocycles. The van der Waals surface area contributed by atoms with Crippen LogP contribution in [0, 0.1) is 5.92 Å². The summed E-state index contributed by atoms with van der Waals surface area (Å²) in [6.07, 6.45) is 1.51. The van der Waals surface area contributed by atoms with Crippen molar-refractivity contribution in [2.45, 2.75) is 26.9 Å². The van der Waals surface area contributed by atoms with E-state index >= 15 is 0 Å². The molecule has 6 nitrogen and oxygen atoms in total. The highest BCUT2D eigenvalue weighted by molar-refractivity contribution is 5.79. The van der Waals surface area contributed by atoms with Gasteiger partial charge in [-0.2, -0.15) is 4.98 Å². The predicted octanol–water partition coefficient (Wildman–Crippen LogP) is 3.35. The van der Waals surface area contributed by atoms with E-state index in [0.717, 1.165) is 16.6 Å². The number of imidazole rings is 1. The van der Waals surface area contributed by atoms with Gasteiger partial charge in [-0.05, 0) is 31.0 Å². The first-order chi connectivity index (χ1) is 10.2. The van der Waals surface area contributed by atoms with Crippen molar-refractivity contribution in [1.29, 1.82) is 0 Å². The molecule has 2 aromatic heterocycles. The maximum absolute atomic E-state index is 5.70. The number of H-pyrrole nitrogens is 1. The predicted molar refractivity (Wildman–Crippen MR) is 78.6 cm³/mol. The third-order valence-corrected chi connectivity index (χ3v) is 3.32. The van der Waals surface area contributed by atoms with Crippen LogP contribution in [0.2, 0.25) is 0 Å². The van der Waals surface area contributed by atoms with Crippen LogP contribution in [0.15, 0.2) is 29.0 Å². The summed E-state index contributed by atoms with van der Waals surface area (Å²) in [6.45, 7) is 6.73. The molecule has 0 aliphatic rings. The molecule has 0 aliphatic heterocycles. The number of ether oxygens (including phenoxy) is 1. The number of hydrogen-bond donors (Lipinski definition) is 1. The summed E-state index contributed by atoms with van der Waals surface area (Å²) >= 11 is 0. The number of aromatic amines is 1. The summed E-state index contributed by atoms with van der Waals surface area (Å²) in [5, 5.41) is 4.06. The Morgan fingerprint density at radius 2 is 2.19 bits per heavy atom. The molecule has 2 heterocycles. The minimum absolute atomic E-state index is 0.150. The van der Waals surface area contributed by atoms with E-state index in [4.69, 9.17) is 9.26 Å². The molecule has 1 aromatic carbocycles. The molecule has 21 heavy (non-hydrogen) atoms. The monoisotopic (exact) mass is 286 g/mol. The van der Waals surface area contributed by atoms with Crippen molar-refractivity contribution in [2.24, 2.45) is 5.92 Å². The van der Waals surface area contributed by atoms with Crippen LogP contribution in [0.5, 0.6) is 0 Å². The van der Waals surface area contributed by atoms with Gasteiger partial charge in [0.1, 0.15) is 6.10 Å². The lowest BCUT2D eigenvalue weighted by Crippen LogP contribution is -2.12. The van der Waals surface area contributed by atoms with Gasteiger partial charge in [0.2, 0.25) is 5.82 Å². The van der Waals surface area contributed by atoms with Crippen molar-refractivity contribution >= 4 is 11.0 Å². The van der Waals surface area contributed by atoms with Gasteiger partial charge in [-0.25, -0.2) is 4.98 Å². The standard InChI is InChI=1S/C15H18N4O2/c1-4-20-13(9(2)3)14-18-15(21-19-14)10-5-6-11-12(7-10)17-8-16-11/h5-9,13H,4H2,1-3H3,(H,16,17). The van der Waals surface area contributed by atoms with E-state index in [1.165, 1.54) is 0 Å². The Balaban J connectivity index is 1.92. The lowest BCUT2D eigenvalue weighted by atomic mass is 10.1. The Kier molecular flexibility index (Phi) is 3.70. The van der Waals surface area contributed by atoms with Crippen LogP contribution in [0.1, 0.15) is 32.7 Å². The van der Waals surface area contributed by atoms with E-state index in [0.29, 0.717) is 18.3 Å². The summed E-state index contributed by atoms with van der Waals surface area (Å²) in [7, 11) is 0. The second-order valence-corrected chi connectivity index (χ2v) is 5.21. The Bertz CT molecular complexity index is 732. The van der Waals surface area contributed by atoms with Crippen molar-refractivity contribution in [3.8, 4) is 11.5 Å². The van der Waals surface area contributed by atoms with Gasteiger partial charge in [0.25, 0.3) is 5.89 Å². The van der Waals surface area contributed by atoms with Gasteiger partial charge in [-0.3, -0.25) is 0 Å². The first kappa shape index (κ1) is 13.8. The van der Waals surface area contributed by atoms with Crippen LogP contribution >= 0.6 is 0 Å². The van der Waals surface area contributed by atoms with E-state index in [1.54, 1.807) is 6.33 Å². The summed E-state index contributed by atoms with van der Waals surface area (Å²) in [6, 6.07) is 5.80. The molecular weight excluding hydrogens is 268 g/mol. The zero-order valence-electron chi connectivity index (χ0n) is 12.3. The molecule has 0 saturated heterocycles. The first-order valence-electron chi connectivity index (χ1n) is 7.07. The maximum Gasteiger partial charge on any atom is 0.258 e. The Morgan fingerprint density at radius 1 is 1.33 bits per heavy atom. The number of rotatable bonds is 5. The molecule has 0 amide bonds. The van der Waals surface area contributed by atoms with Gasteiger partial charge in [0.05, 0.1) is 17.4 Å². The SMILES string of the molecule is CCOC(c1noc(-c2ccc3nc[nH]c3c2)n1)C(C)C. The van der Waals surface area contributed by atoms with Crippen molar-refractivity contribution in [3.63, 3.8) is 0 Å². The zero-order valence-corrected chi connectivity index (χ0v) is 12.3. The highest BCUT2D eigenvalue weighted by Crippen LogP contribution is 2.27. The first-order valence-corrected chi connectivity index (χ1v) is 7.07. The molecule has 0 radical (unpaired) electrons. The molecule has 0 fully saturated rings. The fourth-order valence-electron chi connectivity index (χ4n) is 2.28. The number of nitrogens with one attached hydrogen (secondary N) is 1. The van der Waals surface area contributed by atoms with Crippen LogP contribution in [0.25, 0.3) is 22.5 Å². The van der Waals surface area contributed by atoms with Gasteiger partial charge in [-0.15, -0.1) is 0 Å². The van der Waals surface area contributed by atoms with E-state index in [2.05, 4.69) is 34.0 Å². The summed E-state index contributed by atoms with van der Waals surface area (Å²) < 4.78 is 11.1. The quantitative estimate of drug-likeness (QED) is 0.778. The van der Waals surface area contributed by atoms with Crippen molar-refractivity contribution in [2.75, 3.05) is 6.61 Å². The zero-order chi connectivity index (χ0) is 14.8. The molecule has 0 spiro atoms. The lowest BCUT2D eigenvalue weighted by molar-refractivity contribution is 0.0217. The minimum atomic E-state index is -0.150. The molecule has 6 heteroatoms. The second-order valence-electron chi connectivity index (χ2n) is 5.21. The molecule has 3 aromatic rings. The van der Waals surface area contributed by atoms with E-state index in [-0.39, 0.29) is 12.0 Å². The fourth-order valence-corrected chi connectivity index (χ4v) is 2.28. The molecule has 1 unspecified atom stereocenters. The molecule has 110 valence electrons. The lowest BCUT2D eigenvalue weighted by Gasteiger charge is -2.16. The number of nitrogens with zero attached hydrogens (tertiary/aromatic N) is 3. The average Bonchev–Trinajstić information content (AvgIpc) is 3.12. The molecule has 3 rings (SSSR count). The van der Waals surface area contributed by atoms with Crippen molar-refractivity contribution in [1.82, 2.24) is 20.1 Å². The Morgan fingerprint density at radius 3 is 2.95 bits per heavy atom. The van der Waals surface area contributed by atoms with Gasteiger partial charge >= 0.3 is 0 Å². The van der Waals surface area contributed by atoms with Gasteiger partial charge in [0, 0.05) is 12.2 Å². The Labute approximate surface area is 122 Å². The van der Waals surface area contributed by atoms with Gasteiger partial charge in [-0.1, -0.05) is 19.0 Å². The second kappa shape index (κ2) is 5.65. The molecule has 0 bridgehead atoms. The van der Waals surface area contributed by atoms with Crippen LogP contribution in [0.4, 0.5) is 0 Å². The van der Waals surface area contributed by atoms with Gasteiger partial charge < -0.3 is 14.2 Å². The fraction of sp³-hybridized carbons (Fsp3) is 0.400. The Hall–Kier alpha value is -2.21. The summed E-state index contributed by atoms with van der Waals surface area (Å²) in [4.78, 5) is 11.7. The topological polar surface area (TPSA) is 76.8 Å². The van der Waals surface area contributed by atoms with Crippen molar-refractivity contribution < 1.29 is 9.26 Å². The number of benzene rings is 1. The van der Waals surface area contributed by atoms with E-state index in [9.17, 15) is 0 Å². The van der Waals surface area contributed by atoms with E-state index < -0.39 is 0 Å². The largest absolute Gasteiger partial charge is 0.370 e. The summed E-state index contributed by atoms with van der Waals surface area (Å²) in [5.41, 5.74) is 2.72. The minimum Gasteiger partial charge on any atom is -0.370 e. The third-order valence-electron chi connectivity index (χ3n) is 3.32. The van der Waals surface area contributed by atoms with Crippen molar-refractivity contribution in [3.05, 3.63) is 30.4 Å².